The lowest BCUT2D eigenvalue weighted by Crippen LogP contribution is -2.47. The van der Waals surface area contributed by atoms with Crippen LogP contribution >= 0.6 is 11.8 Å². The van der Waals surface area contributed by atoms with E-state index in [1.54, 1.807) is 12.1 Å². The molecule has 1 saturated heterocycles. The number of carbonyl (C=O) groups excluding carboxylic acids is 2. The van der Waals surface area contributed by atoms with Crippen LogP contribution in [0.2, 0.25) is 0 Å². The van der Waals surface area contributed by atoms with Gasteiger partial charge in [0.25, 0.3) is 5.69 Å². The summed E-state index contributed by atoms with van der Waals surface area (Å²) < 4.78 is 5.09. The Hall–Kier alpha value is -3.18. The smallest absolute Gasteiger partial charge is 0.338 e. The van der Waals surface area contributed by atoms with Crippen LogP contribution in [-0.2, 0) is 14.3 Å². The van der Waals surface area contributed by atoms with Crippen LogP contribution in [-0.4, -0.2) is 77.0 Å². The van der Waals surface area contributed by atoms with Crippen LogP contribution in [0.4, 0.5) is 5.69 Å². The maximum absolute atomic E-state index is 13.1. The number of hydrogen-bond donors (Lipinski definition) is 0. The first kappa shape index (κ1) is 24.0. The number of likely N-dealkylation sites (N-methyl/N-ethyl adjacent to an activating group) is 1. The minimum absolute atomic E-state index is 0.00359. The molecule has 180 valence electrons. The third-order valence-corrected chi connectivity index (χ3v) is 7.10. The van der Waals surface area contributed by atoms with Gasteiger partial charge in [-0.25, -0.2) is 9.79 Å². The average Bonchev–Trinajstić information content (AvgIpc) is 3.24. The van der Waals surface area contributed by atoms with Gasteiger partial charge in [-0.3, -0.25) is 14.9 Å². The maximum atomic E-state index is 13.1. The Bertz CT molecular complexity index is 1110. The van der Waals surface area contributed by atoms with Gasteiger partial charge in [-0.05, 0) is 24.4 Å². The molecule has 0 unspecified atom stereocenters. The summed E-state index contributed by atoms with van der Waals surface area (Å²) in [6, 6.07) is 5.54. The predicted molar refractivity (Wildman–Crippen MR) is 129 cm³/mol. The lowest BCUT2D eigenvalue weighted by Gasteiger charge is -2.37. The Kier molecular flexibility index (Phi) is 7.03. The normalized spacial score (nSPS) is 20.6. The summed E-state index contributed by atoms with van der Waals surface area (Å²) in [5.41, 5.74) is 2.10. The van der Waals surface area contributed by atoms with Gasteiger partial charge in [0.05, 0.1) is 35.8 Å². The number of aliphatic imine (C=N–C) groups is 1. The van der Waals surface area contributed by atoms with E-state index in [4.69, 9.17) is 9.73 Å². The lowest BCUT2D eigenvalue weighted by molar-refractivity contribution is -0.384. The number of hydrogen-bond acceptors (Lipinski definition) is 9. The lowest BCUT2D eigenvalue weighted by atomic mass is 9.92. The number of ether oxygens (including phenoxy) is 1. The first-order valence-electron chi connectivity index (χ1n) is 11.1. The predicted octanol–water partition coefficient (Wildman–Crippen LogP) is 2.90. The summed E-state index contributed by atoms with van der Waals surface area (Å²) in [5, 5.41) is 14.0. The Morgan fingerprint density at radius 3 is 2.65 bits per heavy atom. The number of thioether (sulfide) groups is 1. The van der Waals surface area contributed by atoms with Gasteiger partial charge in [-0.1, -0.05) is 30.8 Å². The summed E-state index contributed by atoms with van der Waals surface area (Å²) in [6.45, 7) is 4.87. The highest BCUT2D eigenvalue weighted by atomic mass is 32.2. The van der Waals surface area contributed by atoms with E-state index in [0.29, 0.717) is 47.2 Å². The Labute approximate surface area is 202 Å². The number of methoxy groups -OCH3 is 1. The first-order chi connectivity index (χ1) is 16.3. The molecule has 1 amide bonds. The number of nitrogens with zero attached hydrogens (tertiary/aromatic N) is 5. The molecule has 0 aromatic heterocycles. The van der Waals surface area contributed by atoms with Gasteiger partial charge in [0.15, 0.2) is 5.17 Å². The fourth-order valence-electron chi connectivity index (χ4n) is 4.36. The second-order valence-corrected chi connectivity index (χ2v) is 9.15. The van der Waals surface area contributed by atoms with Crippen molar-refractivity contribution in [1.82, 2.24) is 14.7 Å². The van der Waals surface area contributed by atoms with Gasteiger partial charge in [0.2, 0.25) is 5.91 Å². The van der Waals surface area contributed by atoms with Crippen LogP contribution in [0.25, 0.3) is 0 Å². The van der Waals surface area contributed by atoms with Crippen LogP contribution < -0.4 is 0 Å². The summed E-state index contributed by atoms with van der Waals surface area (Å²) in [4.78, 5) is 47.6. The molecule has 34 heavy (non-hydrogen) atoms. The van der Waals surface area contributed by atoms with E-state index in [0.717, 1.165) is 13.1 Å². The van der Waals surface area contributed by atoms with Gasteiger partial charge >= 0.3 is 5.97 Å². The minimum atomic E-state index is -0.684. The van der Waals surface area contributed by atoms with Crippen LogP contribution in [0.1, 0.15) is 31.4 Å². The van der Waals surface area contributed by atoms with Crippen molar-refractivity contribution in [2.75, 3.05) is 40.3 Å². The maximum Gasteiger partial charge on any atom is 0.338 e. The second kappa shape index (κ2) is 9.98. The summed E-state index contributed by atoms with van der Waals surface area (Å²) in [5.74, 6) is -0.540. The molecule has 10 nitrogen and oxygen atoms in total. The highest BCUT2D eigenvalue weighted by Gasteiger charge is 2.42. The average molecular weight is 486 g/mol. The molecule has 3 aliphatic rings. The van der Waals surface area contributed by atoms with Crippen molar-refractivity contribution in [3.05, 3.63) is 62.3 Å². The molecule has 3 aliphatic heterocycles. The third kappa shape index (κ3) is 4.58. The number of nitro benzene ring substituents is 1. The zero-order valence-corrected chi connectivity index (χ0v) is 20.2. The summed E-state index contributed by atoms with van der Waals surface area (Å²) in [7, 11) is 3.34. The zero-order valence-electron chi connectivity index (χ0n) is 19.4. The van der Waals surface area contributed by atoms with E-state index in [1.165, 1.54) is 31.0 Å². The Balaban J connectivity index is 1.72. The standard InChI is InChI=1S/C23H27N5O5S/c1-4-18-20(22(30)33-3)21(15-6-5-7-16(12-15)28(31)32)27-17(14-34-23(27)24-18)13-19(29)26-10-8-25(2)9-11-26/h5-7,12,14,21H,4,8-11,13H2,1-3H3/t21-/m1/s1. The topological polar surface area (TPSA) is 109 Å². The van der Waals surface area contributed by atoms with Crippen molar-refractivity contribution in [2.45, 2.75) is 25.8 Å². The van der Waals surface area contributed by atoms with E-state index < -0.39 is 16.9 Å². The number of non-ortho nitro benzene ring substituents is 1. The number of allylic oxidation sites excluding steroid dienone is 1. The van der Waals surface area contributed by atoms with Crippen molar-refractivity contribution in [2.24, 2.45) is 4.99 Å². The van der Waals surface area contributed by atoms with E-state index >= 15 is 0 Å². The molecule has 1 fully saturated rings. The molecular formula is C23H27N5O5S. The van der Waals surface area contributed by atoms with Crippen molar-refractivity contribution < 1.29 is 19.2 Å². The highest BCUT2D eigenvalue weighted by molar-refractivity contribution is 8.16. The molecule has 1 aromatic carbocycles. The molecular weight excluding hydrogens is 458 g/mol. The molecule has 3 heterocycles. The molecule has 1 aromatic rings. The molecule has 0 saturated carbocycles. The van der Waals surface area contributed by atoms with Gasteiger partial charge in [0.1, 0.15) is 0 Å². The first-order valence-corrected chi connectivity index (χ1v) is 12.0. The molecule has 0 radical (unpaired) electrons. The number of rotatable bonds is 6. The van der Waals surface area contributed by atoms with E-state index in [1.807, 2.05) is 29.2 Å². The van der Waals surface area contributed by atoms with Crippen molar-refractivity contribution >= 4 is 34.5 Å². The van der Waals surface area contributed by atoms with Crippen LogP contribution in [0, 0.1) is 10.1 Å². The molecule has 0 bridgehead atoms. The van der Waals surface area contributed by atoms with Crippen molar-refractivity contribution in [3.8, 4) is 0 Å². The Morgan fingerprint density at radius 2 is 2.00 bits per heavy atom. The number of fused-ring (bicyclic) bond motifs is 1. The fraction of sp³-hybridized carbons (Fsp3) is 0.435. The second-order valence-electron chi connectivity index (χ2n) is 8.31. The zero-order chi connectivity index (χ0) is 24.4. The number of piperazine rings is 1. The third-order valence-electron chi connectivity index (χ3n) is 6.21. The summed E-state index contributed by atoms with van der Waals surface area (Å²) >= 11 is 1.39. The van der Waals surface area contributed by atoms with Crippen LogP contribution in [0.15, 0.2) is 51.6 Å². The highest BCUT2D eigenvalue weighted by Crippen LogP contribution is 2.46. The van der Waals surface area contributed by atoms with Crippen molar-refractivity contribution in [3.63, 3.8) is 0 Å². The SMILES string of the molecule is CCC1=C(C(=O)OC)[C@@H](c2cccc([N+](=O)[O-])c2)N2C(CC(=O)N3CCN(C)CC3)=CSC2=N1. The molecule has 1 atom stereocenters. The van der Waals surface area contributed by atoms with Crippen LogP contribution in [0.5, 0.6) is 0 Å². The summed E-state index contributed by atoms with van der Waals surface area (Å²) in [6.07, 6.45) is 0.639. The molecule has 11 heteroatoms. The van der Waals surface area contributed by atoms with Gasteiger partial charge in [-0.2, -0.15) is 0 Å². The number of esters is 1. The quantitative estimate of drug-likeness (QED) is 0.344. The van der Waals surface area contributed by atoms with Gasteiger partial charge in [0, 0.05) is 44.0 Å². The minimum Gasteiger partial charge on any atom is -0.466 e. The van der Waals surface area contributed by atoms with Gasteiger partial charge in [-0.15, -0.1) is 0 Å². The number of benzene rings is 1. The molecule has 0 aliphatic carbocycles. The number of amides is 1. The van der Waals surface area contributed by atoms with E-state index in [9.17, 15) is 19.7 Å². The number of amidine groups is 1. The van der Waals surface area contributed by atoms with Crippen molar-refractivity contribution in [1.29, 1.82) is 0 Å². The molecule has 4 rings (SSSR count). The van der Waals surface area contributed by atoms with E-state index in [2.05, 4.69) is 4.90 Å². The molecule has 0 spiro atoms. The van der Waals surface area contributed by atoms with E-state index in [-0.39, 0.29) is 18.0 Å². The largest absolute Gasteiger partial charge is 0.466 e. The monoisotopic (exact) mass is 485 g/mol. The Morgan fingerprint density at radius 1 is 1.26 bits per heavy atom. The van der Waals surface area contributed by atoms with Crippen LogP contribution in [0.3, 0.4) is 0 Å². The number of carbonyl (C=O) groups is 2. The van der Waals surface area contributed by atoms with Gasteiger partial charge < -0.3 is 19.4 Å². The fourth-order valence-corrected chi connectivity index (χ4v) is 5.30. The molecule has 0 N–H and O–H groups in total. The number of nitro groups is 1.